The van der Waals surface area contributed by atoms with Crippen molar-refractivity contribution >= 4 is 12.0 Å². The van der Waals surface area contributed by atoms with E-state index in [2.05, 4.69) is 10.5 Å². The van der Waals surface area contributed by atoms with E-state index >= 15 is 0 Å². The highest BCUT2D eigenvalue weighted by Gasteiger charge is 2.26. The van der Waals surface area contributed by atoms with Gasteiger partial charge in [-0.25, -0.2) is 4.79 Å². The van der Waals surface area contributed by atoms with Crippen LogP contribution in [0.25, 0.3) is 0 Å². The summed E-state index contributed by atoms with van der Waals surface area (Å²) in [4.78, 5) is 24.1. The van der Waals surface area contributed by atoms with Gasteiger partial charge in [-0.2, -0.15) is 0 Å². The molecule has 0 saturated carbocycles. The van der Waals surface area contributed by atoms with Crippen LogP contribution in [0.1, 0.15) is 25.0 Å². The molecular formula is C12H17N3O4. The fourth-order valence-electron chi connectivity index (χ4n) is 2.19. The topological polar surface area (TPSA) is 95.7 Å². The molecule has 1 aliphatic rings. The second-order valence-corrected chi connectivity index (χ2v) is 4.67. The number of likely N-dealkylation sites (tertiary alicyclic amines) is 1. The second kappa shape index (κ2) is 6.21. The lowest BCUT2D eigenvalue weighted by Gasteiger charge is -2.16. The summed E-state index contributed by atoms with van der Waals surface area (Å²) in [5.41, 5.74) is 0. The Hall–Kier alpha value is -2.05. The van der Waals surface area contributed by atoms with Crippen molar-refractivity contribution in [3.05, 3.63) is 18.0 Å². The molecule has 2 amide bonds. The molecule has 2 rings (SSSR count). The van der Waals surface area contributed by atoms with Gasteiger partial charge in [-0.15, -0.1) is 0 Å². The van der Waals surface area contributed by atoms with E-state index in [1.807, 2.05) is 0 Å². The molecule has 1 aromatic rings. The fraction of sp³-hybridized carbons (Fsp3) is 0.583. The first kappa shape index (κ1) is 13.4. The van der Waals surface area contributed by atoms with Gasteiger partial charge in [0.05, 0.1) is 12.7 Å². The minimum absolute atomic E-state index is 0.144. The summed E-state index contributed by atoms with van der Waals surface area (Å²) in [6.45, 7) is 1.61. The number of aromatic nitrogens is 1. The molecule has 19 heavy (non-hydrogen) atoms. The zero-order valence-electron chi connectivity index (χ0n) is 10.5. The molecule has 1 fully saturated rings. The number of rotatable bonds is 5. The minimum atomic E-state index is -0.784. The Morgan fingerprint density at radius 3 is 3.11 bits per heavy atom. The molecule has 7 nitrogen and oxygen atoms in total. The van der Waals surface area contributed by atoms with Crippen molar-refractivity contribution in [2.75, 3.05) is 13.1 Å². The van der Waals surface area contributed by atoms with E-state index in [9.17, 15) is 9.59 Å². The van der Waals surface area contributed by atoms with Crippen LogP contribution in [-0.2, 0) is 11.3 Å². The first-order chi connectivity index (χ1) is 9.15. The summed E-state index contributed by atoms with van der Waals surface area (Å²) in [5.74, 6) is 0.107. The van der Waals surface area contributed by atoms with Crippen LogP contribution in [0, 0.1) is 5.92 Å². The summed E-state index contributed by atoms with van der Waals surface area (Å²) in [5, 5.41) is 14.9. The molecule has 7 heteroatoms. The molecule has 1 unspecified atom stereocenters. The third kappa shape index (κ3) is 3.97. The Kier molecular flexibility index (Phi) is 4.38. The van der Waals surface area contributed by atoms with Crippen LogP contribution in [0.3, 0.4) is 0 Å². The molecule has 0 spiro atoms. The van der Waals surface area contributed by atoms with Gasteiger partial charge in [-0.1, -0.05) is 5.16 Å². The second-order valence-electron chi connectivity index (χ2n) is 4.67. The molecule has 2 N–H and O–H groups in total. The average molecular weight is 267 g/mol. The van der Waals surface area contributed by atoms with E-state index in [-0.39, 0.29) is 18.4 Å². The van der Waals surface area contributed by atoms with E-state index < -0.39 is 5.97 Å². The highest BCUT2D eigenvalue weighted by Crippen LogP contribution is 2.20. The number of amides is 2. The molecule has 1 saturated heterocycles. The van der Waals surface area contributed by atoms with Gasteiger partial charge in [-0.3, -0.25) is 4.79 Å². The lowest BCUT2D eigenvalue weighted by molar-refractivity contribution is -0.137. The monoisotopic (exact) mass is 267 g/mol. The minimum Gasteiger partial charge on any atom is -0.481 e. The largest absolute Gasteiger partial charge is 0.481 e. The van der Waals surface area contributed by atoms with Crippen LogP contribution in [0.2, 0.25) is 0 Å². The molecule has 0 aliphatic carbocycles. The van der Waals surface area contributed by atoms with E-state index in [4.69, 9.17) is 9.63 Å². The van der Waals surface area contributed by atoms with Crippen molar-refractivity contribution in [2.24, 2.45) is 5.92 Å². The zero-order chi connectivity index (χ0) is 13.7. The first-order valence-electron chi connectivity index (χ1n) is 6.29. The number of hydrogen-bond donors (Lipinski definition) is 2. The SMILES string of the molecule is O=C(O)CCC1CCN(C(=O)NCc2ccno2)C1. The van der Waals surface area contributed by atoms with Gasteiger partial charge >= 0.3 is 12.0 Å². The third-order valence-corrected chi connectivity index (χ3v) is 3.24. The molecule has 1 aromatic heterocycles. The van der Waals surface area contributed by atoms with Gasteiger partial charge in [-0.05, 0) is 18.8 Å². The molecule has 1 aliphatic heterocycles. The van der Waals surface area contributed by atoms with Crippen LogP contribution in [0.15, 0.2) is 16.8 Å². The first-order valence-corrected chi connectivity index (χ1v) is 6.29. The summed E-state index contributed by atoms with van der Waals surface area (Å²) in [6, 6.07) is 1.55. The summed E-state index contributed by atoms with van der Waals surface area (Å²) >= 11 is 0. The van der Waals surface area contributed by atoms with Crippen LogP contribution < -0.4 is 5.32 Å². The molecule has 0 radical (unpaired) electrons. The molecular weight excluding hydrogens is 250 g/mol. The standard InChI is InChI=1S/C12H17N3O4/c16-11(17)2-1-9-4-6-15(8-9)12(18)13-7-10-3-5-14-19-10/h3,5,9H,1-2,4,6-8H2,(H,13,18)(H,16,17). The van der Waals surface area contributed by atoms with Crippen molar-refractivity contribution < 1.29 is 19.2 Å². The molecule has 0 bridgehead atoms. The van der Waals surface area contributed by atoms with Gasteiger partial charge in [0.25, 0.3) is 0 Å². The van der Waals surface area contributed by atoms with Gasteiger partial charge in [0.15, 0.2) is 5.76 Å². The summed E-state index contributed by atoms with van der Waals surface area (Å²) < 4.78 is 4.88. The number of carboxylic acids is 1. The Morgan fingerprint density at radius 2 is 2.42 bits per heavy atom. The molecule has 1 atom stereocenters. The Bertz CT molecular complexity index is 432. The quantitative estimate of drug-likeness (QED) is 0.832. The van der Waals surface area contributed by atoms with Crippen LogP contribution in [-0.4, -0.2) is 40.3 Å². The third-order valence-electron chi connectivity index (χ3n) is 3.24. The lowest BCUT2D eigenvalue weighted by atomic mass is 10.0. The van der Waals surface area contributed by atoms with Crippen LogP contribution >= 0.6 is 0 Å². The van der Waals surface area contributed by atoms with E-state index in [0.29, 0.717) is 31.8 Å². The number of carbonyl (C=O) groups is 2. The predicted octanol–water partition coefficient (Wildman–Crippen LogP) is 1.07. The lowest BCUT2D eigenvalue weighted by Crippen LogP contribution is -2.38. The Labute approximate surface area is 110 Å². The number of aliphatic carboxylic acids is 1. The number of carbonyl (C=O) groups excluding carboxylic acids is 1. The highest BCUT2D eigenvalue weighted by atomic mass is 16.5. The van der Waals surface area contributed by atoms with E-state index in [1.165, 1.54) is 6.20 Å². The van der Waals surface area contributed by atoms with Crippen molar-refractivity contribution in [3.8, 4) is 0 Å². The number of nitrogens with zero attached hydrogens (tertiary/aromatic N) is 2. The molecule has 104 valence electrons. The maximum Gasteiger partial charge on any atom is 0.317 e. The normalized spacial score (nSPS) is 18.5. The smallest absolute Gasteiger partial charge is 0.317 e. The predicted molar refractivity (Wildman–Crippen MR) is 65.3 cm³/mol. The molecule has 2 heterocycles. The molecule has 0 aromatic carbocycles. The van der Waals surface area contributed by atoms with Crippen molar-refractivity contribution in [3.63, 3.8) is 0 Å². The number of hydrogen-bond acceptors (Lipinski definition) is 4. The maximum absolute atomic E-state index is 11.9. The van der Waals surface area contributed by atoms with Crippen LogP contribution in [0.5, 0.6) is 0 Å². The van der Waals surface area contributed by atoms with Crippen LogP contribution in [0.4, 0.5) is 4.79 Å². The van der Waals surface area contributed by atoms with E-state index in [0.717, 1.165) is 6.42 Å². The van der Waals surface area contributed by atoms with Crippen molar-refractivity contribution in [2.45, 2.75) is 25.8 Å². The van der Waals surface area contributed by atoms with E-state index in [1.54, 1.807) is 11.0 Å². The van der Waals surface area contributed by atoms with Gasteiger partial charge < -0.3 is 19.8 Å². The summed E-state index contributed by atoms with van der Waals surface area (Å²) in [7, 11) is 0. The fourth-order valence-corrected chi connectivity index (χ4v) is 2.19. The van der Waals surface area contributed by atoms with Gasteiger partial charge in [0, 0.05) is 25.6 Å². The number of urea groups is 1. The zero-order valence-corrected chi connectivity index (χ0v) is 10.5. The Balaban J connectivity index is 1.71. The van der Waals surface area contributed by atoms with Crippen molar-refractivity contribution in [1.29, 1.82) is 0 Å². The average Bonchev–Trinajstić information content (AvgIpc) is 3.04. The Morgan fingerprint density at radius 1 is 1.58 bits per heavy atom. The highest BCUT2D eigenvalue weighted by molar-refractivity contribution is 5.74. The summed E-state index contributed by atoms with van der Waals surface area (Å²) in [6.07, 6.45) is 3.18. The number of carboxylic acid groups (broad SMARTS) is 1. The van der Waals surface area contributed by atoms with Gasteiger partial charge in [0.2, 0.25) is 0 Å². The van der Waals surface area contributed by atoms with Gasteiger partial charge in [0.1, 0.15) is 0 Å². The van der Waals surface area contributed by atoms with Crippen molar-refractivity contribution in [1.82, 2.24) is 15.4 Å². The maximum atomic E-state index is 11.9. The number of nitrogens with one attached hydrogen (secondary N) is 1.